The minimum absolute atomic E-state index is 0.142. The minimum atomic E-state index is 0.142. The van der Waals surface area contributed by atoms with Crippen LogP contribution < -0.4 is 16.0 Å². The van der Waals surface area contributed by atoms with Crippen molar-refractivity contribution in [2.75, 3.05) is 30.8 Å². The predicted octanol–water partition coefficient (Wildman–Crippen LogP) is 2.67. The largest absolute Gasteiger partial charge is 0.383 e. The first-order chi connectivity index (χ1) is 10.7. The fraction of sp³-hybridized carbons (Fsp3) is 0.667. The average molecular weight is 326 g/mol. The average Bonchev–Trinajstić information content (AvgIpc) is 2.52. The summed E-state index contributed by atoms with van der Waals surface area (Å²) in [4.78, 5) is 20.0. The molecule has 1 amide bonds. The Morgan fingerprint density at radius 1 is 1.27 bits per heavy atom. The maximum Gasteiger partial charge on any atom is 0.220 e. The SMILES string of the molecule is CNc1c(Cl)ncnc1NCCNC(=O)CC1CCCCC1. The van der Waals surface area contributed by atoms with Crippen molar-refractivity contribution in [2.45, 2.75) is 38.5 Å². The lowest BCUT2D eigenvalue weighted by atomic mass is 9.87. The number of amides is 1. The van der Waals surface area contributed by atoms with Crippen LogP contribution in [0.1, 0.15) is 38.5 Å². The van der Waals surface area contributed by atoms with Crippen molar-refractivity contribution < 1.29 is 4.79 Å². The van der Waals surface area contributed by atoms with Crippen molar-refractivity contribution in [2.24, 2.45) is 5.92 Å². The smallest absolute Gasteiger partial charge is 0.220 e. The molecule has 1 fully saturated rings. The Bertz CT molecular complexity index is 491. The molecule has 122 valence electrons. The first-order valence-electron chi connectivity index (χ1n) is 7.89. The van der Waals surface area contributed by atoms with Gasteiger partial charge in [0.05, 0.1) is 0 Å². The highest BCUT2D eigenvalue weighted by Gasteiger charge is 2.16. The number of carbonyl (C=O) groups is 1. The lowest BCUT2D eigenvalue weighted by Gasteiger charge is -2.20. The van der Waals surface area contributed by atoms with Gasteiger partial charge >= 0.3 is 0 Å². The minimum Gasteiger partial charge on any atom is -0.383 e. The summed E-state index contributed by atoms with van der Waals surface area (Å²) in [6.45, 7) is 1.16. The third-order valence-corrected chi connectivity index (χ3v) is 4.28. The van der Waals surface area contributed by atoms with E-state index in [9.17, 15) is 4.79 Å². The highest BCUT2D eigenvalue weighted by atomic mass is 35.5. The van der Waals surface area contributed by atoms with Gasteiger partial charge < -0.3 is 16.0 Å². The number of nitrogens with zero attached hydrogens (tertiary/aromatic N) is 2. The summed E-state index contributed by atoms with van der Waals surface area (Å²) in [5.74, 6) is 1.35. The van der Waals surface area contributed by atoms with Gasteiger partial charge in [-0.25, -0.2) is 9.97 Å². The van der Waals surface area contributed by atoms with E-state index in [1.54, 1.807) is 7.05 Å². The number of hydrogen-bond acceptors (Lipinski definition) is 5. The number of nitrogens with one attached hydrogen (secondary N) is 3. The monoisotopic (exact) mass is 325 g/mol. The fourth-order valence-electron chi connectivity index (χ4n) is 2.83. The topological polar surface area (TPSA) is 78.9 Å². The van der Waals surface area contributed by atoms with Crippen molar-refractivity contribution in [1.29, 1.82) is 0 Å². The Labute approximate surface area is 136 Å². The Kier molecular flexibility index (Phi) is 6.71. The highest BCUT2D eigenvalue weighted by molar-refractivity contribution is 6.32. The standard InChI is InChI=1S/C15H24ClN5O/c1-17-13-14(16)20-10-21-15(13)19-8-7-18-12(22)9-11-5-3-2-4-6-11/h10-11,17H,2-9H2,1H3,(H,18,22)(H,19,20,21). The molecule has 3 N–H and O–H groups in total. The van der Waals surface area contributed by atoms with E-state index in [2.05, 4.69) is 25.9 Å². The van der Waals surface area contributed by atoms with E-state index in [1.165, 1.54) is 38.4 Å². The predicted molar refractivity (Wildman–Crippen MR) is 89.3 cm³/mol. The second kappa shape index (κ2) is 8.78. The number of aromatic nitrogens is 2. The third-order valence-electron chi connectivity index (χ3n) is 3.99. The zero-order valence-corrected chi connectivity index (χ0v) is 13.7. The van der Waals surface area contributed by atoms with Crippen LogP contribution in [-0.4, -0.2) is 36.0 Å². The van der Waals surface area contributed by atoms with E-state index in [0.717, 1.165) is 0 Å². The molecule has 7 heteroatoms. The highest BCUT2D eigenvalue weighted by Crippen LogP contribution is 2.26. The molecule has 0 aliphatic heterocycles. The molecule has 1 saturated carbocycles. The maximum atomic E-state index is 11.9. The number of halogens is 1. The zero-order valence-electron chi connectivity index (χ0n) is 13.0. The van der Waals surface area contributed by atoms with Gasteiger partial charge in [0.1, 0.15) is 12.0 Å². The van der Waals surface area contributed by atoms with E-state index >= 15 is 0 Å². The summed E-state index contributed by atoms with van der Waals surface area (Å²) in [5.41, 5.74) is 0.665. The Hall–Kier alpha value is -1.56. The molecule has 1 aromatic heterocycles. The number of hydrogen-bond donors (Lipinski definition) is 3. The van der Waals surface area contributed by atoms with Crippen LogP contribution in [0.4, 0.5) is 11.5 Å². The number of anilines is 2. The van der Waals surface area contributed by atoms with Crippen LogP contribution in [0.25, 0.3) is 0 Å². The molecule has 6 nitrogen and oxygen atoms in total. The van der Waals surface area contributed by atoms with E-state index in [1.807, 2.05) is 0 Å². The normalized spacial score (nSPS) is 15.4. The molecular formula is C15H24ClN5O. The van der Waals surface area contributed by atoms with E-state index in [-0.39, 0.29) is 5.91 Å². The van der Waals surface area contributed by atoms with Gasteiger partial charge in [-0.2, -0.15) is 0 Å². The molecule has 2 rings (SSSR count). The molecule has 1 aromatic rings. The maximum absolute atomic E-state index is 11.9. The molecular weight excluding hydrogens is 302 g/mol. The van der Waals surface area contributed by atoms with Gasteiger partial charge in [-0.1, -0.05) is 30.9 Å². The summed E-state index contributed by atoms with van der Waals surface area (Å²) in [6, 6.07) is 0. The lowest BCUT2D eigenvalue weighted by Crippen LogP contribution is -2.30. The molecule has 0 radical (unpaired) electrons. The molecule has 0 saturated heterocycles. The molecule has 1 aliphatic rings. The molecule has 1 heterocycles. The van der Waals surface area contributed by atoms with Crippen LogP contribution in [0, 0.1) is 5.92 Å². The van der Waals surface area contributed by atoms with Gasteiger partial charge in [-0.15, -0.1) is 0 Å². The van der Waals surface area contributed by atoms with E-state index in [0.29, 0.717) is 42.1 Å². The first-order valence-corrected chi connectivity index (χ1v) is 8.27. The van der Waals surface area contributed by atoms with E-state index < -0.39 is 0 Å². The molecule has 0 unspecified atom stereocenters. The van der Waals surface area contributed by atoms with Crippen LogP contribution in [0.3, 0.4) is 0 Å². The van der Waals surface area contributed by atoms with Gasteiger partial charge in [0.15, 0.2) is 11.0 Å². The van der Waals surface area contributed by atoms with Crippen LogP contribution in [0.5, 0.6) is 0 Å². The summed E-state index contributed by atoms with van der Waals surface area (Å²) in [5, 5.41) is 9.44. The van der Waals surface area contributed by atoms with Crippen molar-refractivity contribution in [3.8, 4) is 0 Å². The summed E-state index contributed by atoms with van der Waals surface area (Å²) in [6.07, 6.45) is 8.29. The van der Waals surface area contributed by atoms with Gasteiger partial charge in [0.2, 0.25) is 5.91 Å². The summed E-state index contributed by atoms with van der Waals surface area (Å²) in [7, 11) is 1.77. The summed E-state index contributed by atoms with van der Waals surface area (Å²) >= 11 is 5.98. The van der Waals surface area contributed by atoms with E-state index in [4.69, 9.17) is 11.6 Å². The quantitative estimate of drug-likeness (QED) is 0.530. The van der Waals surface area contributed by atoms with Crippen LogP contribution in [-0.2, 0) is 4.79 Å². The van der Waals surface area contributed by atoms with Crippen molar-refractivity contribution >= 4 is 29.0 Å². The number of carbonyl (C=O) groups excluding carboxylic acids is 1. The second-order valence-corrected chi connectivity index (χ2v) is 5.98. The lowest BCUT2D eigenvalue weighted by molar-refractivity contribution is -0.122. The Morgan fingerprint density at radius 3 is 2.77 bits per heavy atom. The van der Waals surface area contributed by atoms with Crippen LogP contribution in [0.15, 0.2) is 6.33 Å². The molecule has 0 atom stereocenters. The van der Waals surface area contributed by atoms with Crippen LogP contribution >= 0.6 is 11.6 Å². The molecule has 0 spiro atoms. The van der Waals surface area contributed by atoms with Crippen LogP contribution in [0.2, 0.25) is 5.15 Å². The van der Waals surface area contributed by atoms with Gasteiger partial charge in [0, 0.05) is 26.6 Å². The van der Waals surface area contributed by atoms with Gasteiger partial charge in [-0.3, -0.25) is 4.79 Å². The third kappa shape index (κ3) is 5.02. The van der Waals surface area contributed by atoms with Gasteiger partial charge in [-0.05, 0) is 18.8 Å². The molecule has 0 bridgehead atoms. The Balaban J connectivity index is 1.68. The zero-order chi connectivity index (χ0) is 15.8. The molecule has 1 aliphatic carbocycles. The molecule has 22 heavy (non-hydrogen) atoms. The van der Waals surface area contributed by atoms with Crippen molar-refractivity contribution in [1.82, 2.24) is 15.3 Å². The molecule has 0 aromatic carbocycles. The first kappa shape index (κ1) is 16.8. The fourth-order valence-corrected chi connectivity index (χ4v) is 3.06. The van der Waals surface area contributed by atoms with Gasteiger partial charge in [0.25, 0.3) is 0 Å². The van der Waals surface area contributed by atoms with Crippen molar-refractivity contribution in [3.05, 3.63) is 11.5 Å². The van der Waals surface area contributed by atoms with Crippen molar-refractivity contribution in [3.63, 3.8) is 0 Å². The Morgan fingerprint density at radius 2 is 2.05 bits per heavy atom. The number of rotatable bonds is 7. The summed E-state index contributed by atoms with van der Waals surface area (Å²) < 4.78 is 0. The second-order valence-electron chi connectivity index (χ2n) is 5.62.